The summed E-state index contributed by atoms with van der Waals surface area (Å²) in [5, 5.41) is 14.3. The van der Waals surface area contributed by atoms with Crippen LogP contribution in [-0.4, -0.2) is 25.6 Å². The molecule has 2 aromatic rings. The Balaban J connectivity index is 2.54. The fourth-order valence-corrected chi connectivity index (χ4v) is 1.06. The van der Waals surface area contributed by atoms with E-state index >= 15 is 0 Å². The van der Waals surface area contributed by atoms with Crippen LogP contribution >= 0.6 is 0 Å². The molecule has 2 heterocycles. The van der Waals surface area contributed by atoms with E-state index in [0.29, 0.717) is 5.69 Å². The van der Waals surface area contributed by atoms with Crippen LogP contribution in [0.3, 0.4) is 0 Å². The Morgan fingerprint density at radius 1 is 1.23 bits per heavy atom. The predicted octanol–water partition coefficient (Wildman–Crippen LogP) is 0.637. The van der Waals surface area contributed by atoms with E-state index in [-0.39, 0.29) is 0 Å². The molecular weight excluding hydrogens is 166 g/mol. The third kappa shape index (κ3) is 1.48. The van der Waals surface area contributed by atoms with Gasteiger partial charge in [0.05, 0.1) is 11.9 Å². The number of aromatic nitrogens is 5. The highest BCUT2D eigenvalue weighted by Crippen LogP contribution is 2.14. The van der Waals surface area contributed by atoms with Crippen LogP contribution in [0.5, 0.6) is 0 Å². The summed E-state index contributed by atoms with van der Waals surface area (Å²) in [5.41, 5.74) is 2.49. The molecule has 0 aliphatic rings. The smallest absolute Gasteiger partial charge is 0.134 e. The monoisotopic (exact) mass is 173 g/mol. The number of hydrogen-bond acceptors (Lipinski definition) is 5. The highest BCUT2D eigenvalue weighted by molar-refractivity contribution is 5.55. The van der Waals surface area contributed by atoms with Crippen molar-refractivity contribution >= 4 is 0 Å². The Morgan fingerprint density at radius 3 is 2.85 bits per heavy atom. The lowest BCUT2D eigenvalue weighted by Gasteiger charge is -1.99. The fourth-order valence-electron chi connectivity index (χ4n) is 1.06. The van der Waals surface area contributed by atoms with Crippen molar-refractivity contribution in [3.63, 3.8) is 0 Å². The van der Waals surface area contributed by atoms with Gasteiger partial charge in [-0.1, -0.05) is 6.07 Å². The number of hydrogen-bond donors (Lipinski definition) is 0. The zero-order chi connectivity index (χ0) is 9.10. The van der Waals surface area contributed by atoms with Crippen LogP contribution in [0.15, 0.2) is 24.5 Å². The van der Waals surface area contributed by atoms with Gasteiger partial charge in [0.25, 0.3) is 0 Å². The van der Waals surface area contributed by atoms with Crippen molar-refractivity contribution in [3.8, 4) is 11.4 Å². The van der Waals surface area contributed by atoms with E-state index in [4.69, 9.17) is 0 Å². The Labute approximate surface area is 74.9 Å². The third-order valence-corrected chi connectivity index (χ3v) is 1.68. The van der Waals surface area contributed by atoms with E-state index in [2.05, 4.69) is 25.6 Å². The number of rotatable bonds is 1. The summed E-state index contributed by atoms with van der Waals surface area (Å²) in [6.07, 6.45) is 3.26. The zero-order valence-electron chi connectivity index (χ0n) is 7.05. The van der Waals surface area contributed by atoms with Crippen molar-refractivity contribution in [1.29, 1.82) is 0 Å². The molecule has 0 fully saturated rings. The van der Waals surface area contributed by atoms with E-state index < -0.39 is 0 Å². The minimum atomic E-state index is 0.646. The molecule has 0 saturated heterocycles. The normalized spacial score (nSPS) is 9.92. The van der Waals surface area contributed by atoms with Gasteiger partial charge in [-0.3, -0.25) is 4.98 Å². The van der Waals surface area contributed by atoms with E-state index in [1.165, 1.54) is 0 Å². The van der Waals surface area contributed by atoms with Crippen LogP contribution in [0.1, 0.15) is 5.56 Å². The molecule has 0 aromatic carbocycles. The quantitative estimate of drug-likeness (QED) is 0.633. The van der Waals surface area contributed by atoms with Crippen LogP contribution in [-0.2, 0) is 0 Å². The minimum absolute atomic E-state index is 0.646. The van der Waals surface area contributed by atoms with Gasteiger partial charge in [-0.05, 0) is 29.0 Å². The topological polar surface area (TPSA) is 64.5 Å². The number of pyridine rings is 1. The lowest BCUT2D eigenvalue weighted by atomic mass is 10.2. The molecule has 0 bridgehead atoms. The van der Waals surface area contributed by atoms with Gasteiger partial charge in [0.2, 0.25) is 0 Å². The molecule has 0 unspecified atom stereocenters. The second kappa shape index (κ2) is 3.22. The maximum Gasteiger partial charge on any atom is 0.134 e. The summed E-state index contributed by atoms with van der Waals surface area (Å²) in [4.78, 5) is 4.18. The zero-order valence-corrected chi connectivity index (χ0v) is 7.05. The Kier molecular flexibility index (Phi) is 1.91. The van der Waals surface area contributed by atoms with E-state index in [9.17, 15) is 0 Å². The van der Waals surface area contributed by atoms with Crippen LogP contribution in [0, 0.1) is 6.92 Å². The maximum atomic E-state index is 4.18. The standard InChI is InChI=1S/C8H7N5/c1-6-3-2-4-9-8(6)7-5-10-12-13-11-7/h2-5H,1H3. The van der Waals surface area contributed by atoms with Crippen LogP contribution < -0.4 is 0 Å². The van der Waals surface area contributed by atoms with E-state index in [0.717, 1.165) is 11.3 Å². The van der Waals surface area contributed by atoms with Crippen molar-refractivity contribution in [3.05, 3.63) is 30.1 Å². The third-order valence-electron chi connectivity index (χ3n) is 1.68. The predicted molar refractivity (Wildman–Crippen MR) is 45.6 cm³/mol. The molecule has 0 saturated carbocycles. The van der Waals surface area contributed by atoms with Gasteiger partial charge < -0.3 is 0 Å². The highest BCUT2D eigenvalue weighted by Gasteiger charge is 2.03. The Bertz CT molecular complexity index is 400. The molecule has 0 spiro atoms. The van der Waals surface area contributed by atoms with Gasteiger partial charge in [-0.15, -0.1) is 10.2 Å². The second-order valence-electron chi connectivity index (χ2n) is 2.58. The molecule has 2 aromatic heterocycles. The first kappa shape index (κ1) is 7.72. The minimum Gasteiger partial charge on any atom is -0.254 e. The average molecular weight is 173 g/mol. The Morgan fingerprint density at radius 2 is 2.15 bits per heavy atom. The molecule has 13 heavy (non-hydrogen) atoms. The largest absolute Gasteiger partial charge is 0.254 e. The summed E-state index contributed by atoms with van der Waals surface area (Å²) in [6.45, 7) is 1.96. The first-order valence-corrected chi connectivity index (χ1v) is 3.81. The number of aryl methyl sites for hydroxylation is 1. The van der Waals surface area contributed by atoms with E-state index in [1.54, 1.807) is 12.4 Å². The van der Waals surface area contributed by atoms with Gasteiger partial charge in [-0.2, -0.15) is 0 Å². The lowest BCUT2D eigenvalue weighted by Crippen LogP contribution is -1.96. The first-order chi connectivity index (χ1) is 6.38. The first-order valence-electron chi connectivity index (χ1n) is 3.81. The lowest BCUT2D eigenvalue weighted by molar-refractivity contribution is 0.764. The molecule has 0 aliphatic heterocycles. The highest BCUT2D eigenvalue weighted by atomic mass is 15.4. The summed E-state index contributed by atoms with van der Waals surface area (Å²) in [7, 11) is 0. The van der Waals surface area contributed by atoms with Crippen LogP contribution in [0.2, 0.25) is 0 Å². The molecule has 5 heteroatoms. The fraction of sp³-hybridized carbons (Fsp3) is 0.125. The van der Waals surface area contributed by atoms with Gasteiger partial charge in [0.15, 0.2) is 0 Å². The van der Waals surface area contributed by atoms with Crippen molar-refractivity contribution in [2.75, 3.05) is 0 Å². The summed E-state index contributed by atoms with van der Waals surface area (Å²) < 4.78 is 0. The van der Waals surface area contributed by atoms with Gasteiger partial charge in [0, 0.05) is 6.20 Å². The van der Waals surface area contributed by atoms with Gasteiger partial charge in [0.1, 0.15) is 5.69 Å². The molecule has 0 atom stereocenters. The van der Waals surface area contributed by atoms with Gasteiger partial charge in [-0.25, -0.2) is 0 Å². The molecule has 64 valence electrons. The maximum absolute atomic E-state index is 4.18. The Hall–Kier alpha value is -1.91. The summed E-state index contributed by atoms with van der Waals surface area (Å²) >= 11 is 0. The van der Waals surface area contributed by atoms with Crippen molar-refractivity contribution in [2.24, 2.45) is 0 Å². The van der Waals surface area contributed by atoms with Gasteiger partial charge >= 0.3 is 0 Å². The SMILES string of the molecule is Cc1cccnc1-c1cnnnn1. The molecule has 5 nitrogen and oxygen atoms in total. The van der Waals surface area contributed by atoms with Crippen molar-refractivity contribution in [1.82, 2.24) is 25.6 Å². The molecule has 0 aliphatic carbocycles. The van der Waals surface area contributed by atoms with E-state index in [1.807, 2.05) is 19.1 Å². The molecular formula is C8H7N5. The van der Waals surface area contributed by atoms with Crippen molar-refractivity contribution < 1.29 is 0 Å². The molecule has 0 N–H and O–H groups in total. The molecule has 0 amide bonds. The average Bonchev–Trinajstić information content (AvgIpc) is 2.20. The number of nitrogens with zero attached hydrogens (tertiary/aromatic N) is 5. The molecule has 2 rings (SSSR count). The van der Waals surface area contributed by atoms with Crippen molar-refractivity contribution in [2.45, 2.75) is 6.92 Å². The molecule has 0 radical (unpaired) electrons. The second-order valence-corrected chi connectivity index (χ2v) is 2.58. The summed E-state index contributed by atoms with van der Waals surface area (Å²) in [6, 6.07) is 3.84. The van der Waals surface area contributed by atoms with Crippen LogP contribution in [0.4, 0.5) is 0 Å². The van der Waals surface area contributed by atoms with Crippen LogP contribution in [0.25, 0.3) is 11.4 Å². The summed E-state index contributed by atoms with van der Waals surface area (Å²) in [5.74, 6) is 0.